The van der Waals surface area contributed by atoms with Crippen LogP contribution in [0.4, 0.5) is 0 Å². The number of nitrogens with one attached hydrogen (secondary N) is 1. The maximum atomic E-state index is 12.5. The number of aliphatic hydroxyl groups is 2. The average Bonchev–Trinajstić information content (AvgIpc) is 3.19. The van der Waals surface area contributed by atoms with Gasteiger partial charge in [-0.2, -0.15) is 0 Å². The first-order valence-corrected chi connectivity index (χ1v) is 11.6. The molecule has 8 heteroatoms. The van der Waals surface area contributed by atoms with Crippen LogP contribution in [0.3, 0.4) is 0 Å². The zero-order valence-corrected chi connectivity index (χ0v) is 19.1. The Kier molecular flexibility index (Phi) is 5.19. The molecule has 0 saturated carbocycles. The molecule has 178 valence electrons. The summed E-state index contributed by atoms with van der Waals surface area (Å²) in [5.74, 6) is 0. The number of aromatic nitrogens is 2. The van der Waals surface area contributed by atoms with Crippen LogP contribution >= 0.6 is 0 Å². The summed E-state index contributed by atoms with van der Waals surface area (Å²) in [6, 6.07) is 19.7. The summed E-state index contributed by atoms with van der Waals surface area (Å²) in [6.45, 7) is 0.0881. The number of likely N-dealkylation sites (N-methyl/N-ethyl adjacent to an activating group) is 1. The van der Waals surface area contributed by atoms with Crippen molar-refractivity contribution in [2.75, 3.05) is 13.7 Å². The molecule has 8 nitrogen and oxygen atoms in total. The van der Waals surface area contributed by atoms with E-state index in [1.54, 1.807) is 0 Å². The molecule has 1 aliphatic rings. The van der Waals surface area contributed by atoms with E-state index < -0.39 is 42.3 Å². The Morgan fingerprint density at radius 3 is 2.37 bits per heavy atom. The minimum absolute atomic E-state index is 0.390. The third kappa shape index (κ3) is 3.45. The molecule has 1 aliphatic heterocycles. The summed E-state index contributed by atoms with van der Waals surface area (Å²) in [6.07, 6.45) is -1.41. The molecule has 4 aromatic carbocycles. The van der Waals surface area contributed by atoms with Gasteiger partial charge in [0.05, 0.1) is 12.6 Å². The number of hydrogen-bond donors (Lipinski definition) is 3. The molecule has 4 atom stereocenters. The van der Waals surface area contributed by atoms with E-state index in [0.717, 1.165) is 16.3 Å². The first-order valence-electron chi connectivity index (χ1n) is 11.6. The van der Waals surface area contributed by atoms with Crippen molar-refractivity contribution in [3.63, 3.8) is 0 Å². The molecule has 1 aromatic heterocycles. The first kappa shape index (κ1) is 21.9. The minimum Gasteiger partial charge on any atom is -0.394 e. The van der Waals surface area contributed by atoms with Crippen LogP contribution in [0.1, 0.15) is 11.8 Å². The lowest BCUT2D eigenvalue weighted by Gasteiger charge is -2.31. The standard InChI is InChI=1S/C27H25N3O5/c1-29(24-25(33)20(14-31)35-26(24)30-12-11-21(32)28-27(30)34)13-18-8-7-17-6-5-15-3-2-4-16-9-10-19(18)23(17)22(15)16/h2-12,20,24-26,31,33H,13-14H2,1H3,(H,28,32,34)/t20-,24-,25-,26-/m1/s1. The van der Waals surface area contributed by atoms with Gasteiger partial charge >= 0.3 is 5.69 Å². The van der Waals surface area contributed by atoms with Crippen molar-refractivity contribution in [2.24, 2.45) is 0 Å². The van der Waals surface area contributed by atoms with Crippen LogP contribution in [0.5, 0.6) is 0 Å². The minimum atomic E-state index is -1.03. The summed E-state index contributed by atoms with van der Waals surface area (Å²) in [5.41, 5.74) is -0.0676. The van der Waals surface area contributed by atoms with Crippen molar-refractivity contribution in [1.29, 1.82) is 0 Å². The molecule has 0 unspecified atom stereocenters. The molecule has 6 rings (SSSR count). The van der Waals surface area contributed by atoms with Gasteiger partial charge in [-0.1, -0.05) is 54.6 Å². The van der Waals surface area contributed by atoms with E-state index >= 15 is 0 Å². The zero-order chi connectivity index (χ0) is 24.3. The molecule has 3 N–H and O–H groups in total. The van der Waals surface area contributed by atoms with E-state index in [-0.39, 0.29) is 0 Å². The van der Waals surface area contributed by atoms with Gasteiger partial charge < -0.3 is 14.9 Å². The number of aliphatic hydroxyl groups excluding tert-OH is 2. The van der Waals surface area contributed by atoms with Crippen molar-refractivity contribution in [3.8, 4) is 0 Å². The molecule has 0 radical (unpaired) electrons. The second kappa shape index (κ2) is 8.28. The van der Waals surface area contributed by atoms with E-state index in [4.69, 9.17) is 4.74 Å². The number of nitrogens with zero attached hydrogens (tertiary/aromatic N) is 2. The van der Waals surface area contributed by atoms with Crippen molar-refractivity contribution < 1.29 is 14.9 Å². The molecule has 1 fully saturated rings. The summed E-state index contributed by atoms with van der Waals surface area (Å²) >= 11 is 0. The van der Waals surface area contributed by atoms with Crippen LogP contribution in [0.15, 0.2) is 76.4 Å². The van der Waals surface area contributed by atoms with E-state index in [9.17, 15) is 19.8 Å². The highest BCUT2D eigenvalue weighted by Crippen LogP contribution is 2.37. The molecule has 0 spiro atoms. The molecule has 0 amide bonds. The predicted octanol–water partition coefficient (Wildman–Crippen LogP) is 2.19. The maximum Gasteiger partial charge on any atom is 0.330 e. The van der Waals surface area contributed by atoms with Crippen molar-refractivity contribution in [3.05, 3.63) is 93.3 Å². The number of ether oxygens (including phenoxy) is 1. The predicted molar refractivity (Wildman–Crippen MR) is 134 cm³/mol. The van der Waals surface area contributed by atoms with Crippen LogP contribution in [0, 0.1) is 0 Å². The van der Waals surface area contributed by atoms with Gasteiger partial charge in [0, 0.05) is 18.8 Å². The molecule has 35 heavy (non-hydrogen) atoms. The Labute approximate surface area is 199 Å². The smallest absolute Gasteiger partial charge is 0.330 e. The Hall–Kier alpha value is -3.56. The van der Waals surface area contributed by atoms with Crippen molar-refractivity contribution in [1.82, 2.24) is 14.5 Å². The Bertz CT molecular complexity index is 1640. The molecular weight excluding hydrogens is 446 g/mol. The van der Waals surface area contributed by atoms with Crippen LogP contribution < -0.4 is 11.2 Å². The third-order valence-electron chi connectivity index (χ3n) is 7.19. The fraction of sp³-hybridized carbons (Fsp3) is 0.259. The SMILES string of the molecule is CN(Cc1ccc2ccc3cccc4ccc1c2c34)[C@@H]1[C@H](O)[C@@H](CO)O[C@H]1n1ccc(=O)[nH]c1=O. The second-order valence-electron chi connectivity index (χ2n) is 9.24. The third-order valence-corrected chi connectivity index (χ3v) is 7.19. The topological polar surface area (TPSA) is 108 Å². The lowest BCUT2D eigenvalue weighted by molar-refractivity contribution is -0.0498. The monoisotopic (exact) mass is 471 g/mol. The summed E-state index contributed by atoms with van der Waals surface area (Å²) < 4.78 is 7.14. The van der Waals surface area contributed by atoms with Gasteiger partial charge in [-0.3, -0.25) is 19.2 Å². The highest BCUT2D eigenvalue weighted by molar-refractivity contribution is 6.23. The highest BCUT2D eigenvalue weighted by Gasteiger charge is 2.46. The highest BCUT2D eigenvalue weighted by atomic mass is 16.5. The fourth-order valence-corrected chi connectivity index (χ4v) is 5.52. The van der Waals surface area contributed by atoms with E-state index in [0.29, 0.717) is 6.54 Å². The van der Waals surface area contributed by atoms with Gasteiger partial charge in [0.2, 0.25) is 0 Å². The van der Waals surface area contributed by atoms with Crippen molar-refractivity contribution >= 4 is 32.3 Å². The first-order chi connectivity index (χ1) is 17.0. The molecule has 1 saturated heterocycles. The van der Waals surface area contributed by atoms with Gasteiger partial charge in [0.1, 0.15) is 12.2 Å². The second-order valence-corrected chi connectivity index (χ2v) is 9.24. The van der Waals surface area contributed by atoms with Crippen molar-refractivity contribution in [2.45, 2.75) is 31.0 Å². The number of H-pyrrole nitrogens is 1. The molecule has 0 aliphatic carbocycles. The Balaban J connectivity index is 1.42. The number of rotatable bonds is 5. The van der Waals surface area contributed by atoms with E-state index in [2.05, 4.69) is 59.6 Å². The van der Waals surface area contributed by atoms with Gasteiger partial charge in [-0.05, 0) is 44.9 Å². The Morgan fingerprint density at radius 2 is 1.66 bits per heavy atom. The summed E-state index contributed by atoms with van der Waals surface area (Å²) in [4.78, 5) is 28.2. The fourth-order valence-electron chi connectivity index (χ4n) is 5.52. The maximum absolute atomic E-state index is 12.5. The number of aromatic amines is 1. The van der Waals surface area contributed by atoms with Crippen LogP contribution in [-0.2, 0) is 11.3 Å². The number of hydrogen-bond acceptors (Lipinski definition) is 6. The molecule has 2 heterocycles. The Morgan fingerprint density at radius 1 is 0.971 bits per heavy atom. The van der Waals surface area contributed by atoms with Crippen LogP contribution in [0.2, 0.25) is 0 Å². The zero-order valence-electron chi connectivity index (χ0n) is 19.1. The average molecular weight is 472 g/mol. The molecule has 0 bridgehead atoms. The normalized spacial score (nSPS) is 22.7. The molecular formula is C27H25N3O5. The largest absolute Gasteiger partial charge is 0.394 e. The number of benzene rings is 4. The van der Waals surface area contributed by atoms with Gasteiger partial charge in [-0.15, -0.1) is 0 Å². The summed E-state index contributed by atoms with van der Waals surface area (Å²) in [7, 11) is 1.86. The van der Waals surface area contributed by atoms with Crippen LogP contribution in [0.25, 0.3) is 32.3 Å². The quantitative estimate of drug-likeness (QED) is 0.339. The van der Waals surface area contributed by atoms with Crippen LogP contribution in [-0.4, -0.2) is 56.6 Å². The lowest BCUT2D eigenvalue weighted by atomic mass is 9.91. The van der Waals surface area contributed by atoms with Gasteiger partial charge in [0.15, 0.2) is 6.23 Å². The summed E-state index contributed by atoms with van der Waals surface area (Å²) in [5, 5.41) is 27.9. The van der Waals surface area contributed by atoms with Gasteiger partial charge in [0.25, 0.3) is 5.56 Å². The van der Waals surface area contributed by atoms with E-state index in [1.807, 2.05) is 11.9 Å². The van der Waals surface area contributed by atoms with Gasteiger partial charge in [-0.25, -0.2) is 4.79 Å². The lowest BCUT2D eigenvalue weighted by Crippen LogP contribution is -2.46. The molecule has 5 aromatic rings. The van der Waals surface area contributed by atoms with E-state index in [1.165, 1.54) is 38.4 Å².